The lowest BCUT2D eigenvalue weighted by molar-refractivity contribution is -0.171. The van der Waals surface area contributed by atoms with Crippen molar-refractivity contribution in [3.05, 3.63) is 12.2 Å². The van der Waals surface area contributed by atoms with Crippen molar-refractivity contribution in [1.29, 1.82) is 0 Å². The molecule has 0 amide bonds. The van der Waals surface area contributed by atoms with Gasteiger partial charge in [-0.1, -0.05) is 0 Å². The number of hydrogen-bond acceptors (Lipinski definition) is 4. The van der Waals surface area contributed by atoms with Gasteiger partial charge in [0.2, 0.25) is 0 Å². The monoisotopic (exact) mass is 141 g/mol. The number of esters is 2. The molecule has 4 nitrogen and oxygen atoms in total. The first-order chi connectivity index (χ1) is 4.68. The SMILES string of the molecule is CC(=O)OC1C=[C]C(=O)O1. The Hall–Kier alpha value is -1.32. The topological polar surface area (TPSA) is 52.6 Å². The highest BCUT2D eigenvalue weighted by atomic mass is 16.7. The highest BCUT2D eigenvalue weighted by Crippen LogP contribution is 2.04. The Morgan fingerprint density at radius 1 is 1.90 bits per heavy atom. The van der Waals surface area contributed by atoms with Crippen LogP contribution in [0.1, 0.15) is 6.92 Å². The maximum atomic E-state index is 10.3. The molecule has 53 valence electrons. The van der Waals surface area contributed by atoms with Crippen LogP contribution < -0.4 is 0 Å². The Kier molecular flexibility index (Phi) is 1.71. The molecule has 1 heterocycles. The minimum atomic E-state index is -0.870. The van der Waals surface area contributed by atoms with Gasteiger partial charge in [0.15, 0.2) is 0 Å². The average molecular weight is 141 g/mol. The number of hydrogen-bond donors (Lipinski definition) is 0. The third kappa shape index (κ3) is 1.58. The maximum absolute atomic E-state index is 10.3. The largest absolute Gasteiger partial charge is 0.421 e. The van der Waals surface area contributed by atoms with Gasteiger partial charge in [0.05, 0.1) is 6.08 Å². The molecule has 0 aromatic carbocycles. The van der Waals surface area contributed by atoms with Crippen molar-refractivity contribution in [2.24, 2.45) is 0 Å². The van der Waals surface area contributed by atoms with E-state index in [0.29, 0.717) is 0 Å². The number of ether oxygens (including phenoxy) is 2. The zero-order chi connectivity index (χ0) is 7.56. The predicted octanol–water partition coefficient (Wildman–Crippen LogP) is -0.208. The molecular formula is C6H5O4. The lowest BCUT2D eigenvalue weighted by atomic mass is 10.5. The Bertz CT molecular complexity index is 194. The molecule has 0 aliphatic carbocycles. The van der Waals surface area contributed by atoms with Gasteiger partial charge in [-0.3, -0.25) is 4.79 Å². The van der Waals surface area contributed by atoms with Gasteiger partial charge in [0, 0.05) is 13.0 Å². The summed E-state index contributed by atoms with van der Waals surface area (Å²) in [6.07, 6.45) is 2.59. The molecule has 1 aliphatic rings. The van der Waals surface area contributed by atoms with Gasteiger partial charge >= 0.3 is 11.9 Å². The molecule has 0 spiro atoms. The summed E-state index contributed by atoms with van der Waals surface area (Å²) in [5.74, 6) is -1.09. The van der Waals surface area contributed by atoms with Crippen LogP contribution >= 0.6 is 0 Å². The number of cyclic esters (lactones) is 1. The summed E-state index contributed by atoms with van der Waals surface area (Å²) in [5, 5.41) is 0. The van der Waals surface area contributed by atoms with Gasteiger partial charge in [0.25, 0.3) is 6.29 Å². The quantitative estimate of drug-likeness (QED) is 0.474. The molecule has 1 unspecified atom stereocenters. The Morgan fingerprint density at radius 2 is 2.60 bits per heavy atom. The zero-order valence-electron chi connectivity index (χ0n) is 5.29. The van der Waals surface area contributed by atoms with E-state index in [1.807, 2.05) is 0 Å². The van der Waals surface area contributed by atoms with Gasteiger partial charge < -0.3 is 9.47 Å². The van der Waals surface area contributed by atoms with E-state index in [-0.39, 0.29) is 0 Å². The average Bonchev–Trinajstić information content (AvgIpc) is 2.13. The fourth-order valence-corrected chi connectivity index (χ4v) is 0.531. The van der Waals surface area contributed by atoms with Gasteiger partial charge in [-0.15, -0.1) is 0 Å². The van der Waals surface area contributed by atoms with E-state index >= 15 is 0 Å². The highest BCUT2D eigenvalue weighted by Gasteiger charge is 2.18. The summed E-state index contributed by atoms with van der Waals surface area (Å²) in [5.41, 5.74) is 0. The second kappa shape index (κ2) is 2.51. The number of carbonyl (C=O) groups excluding carboxylic acids is 2. The lowest BCUT2D eigenvalue weighted by Gasteiger charge is -2.06. The highest BCUT2D eigenvalue weighted by molar-refractivity contribution is 5.80. The van der Waals surface area contributed by atoms with Crippen LogP contribution in [0.4, 0.5) is 0 Å². The second-order valence-corrected chi connectivity index (χ2v) is 1.69. The van der Waals surface area contributed by atoms with Crippen molar-refractivity contribution in [1.82, 2.24) is 0 Å². The summed E-state index contributed by atoms with van der Waals surface area (Å²) in [4.78, 5) is 20.5. The second-order valence-electron chi connectivity index (χ2n) is 1.69. The lowest BCUT2D eigenvalue weighted by Crippen LogP contribution is -2.15. The van der Waals surface area contributed by atoms with Crippen molar-refractivity contribution in [2.75, 3.05) is 0 Å². The summed E-state index contributed by atoms with van der Waals surface area (Å²) in [7, 11) is 0. The van der Waals surface area contributed by atoms with Crippen LogP contribution in [-0.2, 0) is 19.1 Å². The van der Waals surface area contributed by atoms with Crippen molar-refractivity contribution < 1.29 is 19.1 Å². The van der Waals surface area contributed by atoms with Crippen LogP contribution in [0.5, 0.6) is 0 Å². The van der Waals surface area contributed by atoms with Crippen LogP contribution in [0.3, 0.4) is 0 Å². The van der Waals surface area contributed by atoms with E-state index in [0.717, 1.165) is 0 Å². The molecule has 1 atom stereocenters. The Labute approximate surface area is 57.4 Å². The summed E-state index contributed by atoms with van der Waals surface area (Å²) >= 11 is 0. The normalized spacial score (nSPS) is 22.5. The van der Waals surface area contributed by atoms with E-state index in [1.54, 1.807) is 0 Å². The fraction of sp³-hybridized carbons (Fsp3) is 0.333. The zero-order valence-corrected chi connectivity index (χ0v) is 5.29. The van der Waals surface area contributed by atoms with Crippen molar-refractivity contribution in [3.63, 3.8) is 0 Å². The molecule has 0 N–H and O–H groups in total. The van der Waals surface area contributed by atoms with Crippen molar-refractivity contribution >= 4 is 11.9 Å². The molecule has 0 aromatic heterocycles. The first-order valence-corrected chi connectivity index (χ1v) is 2.66. The van der Waals surface area contributed by atoms with Crippen molar-refractivity contribution in [2.45, 2.75) is 13.2 Å². The number of carbonyl (C=O) groups is 2. The molecule has 4 heteroatoms. The first kappa shape index (κ1) is 6.80. The van der Waals surface area contributed by atoms with Crippen LogP contribution in [0.2, 0.25) is 0 Å². The fourth-order valence-electron chi connectivity index (χ4n) is 0.531. The Morgan fingerprint density at radius 3 is 3.00 bits per heavy atom. The molecule has 0 saturated carbocycles. The minimum absolute atomic E-state index is 0.488. The summed E-state index contributed by atoms with van der Waals surface area (Å²) in [6.45, 7) is 1.24. The standard InChI is InChI=1S/C6H5O4/c1-4(7)9-6-3-2-5(8)10-6/h3,6H,1H3. The molecule has 0 fully saturated rings. The summed E-state index contributed by atoms with van der Waals surface area (Å²) in [6, 6.07) is 0. The smallest absolute Gasteiger partial charge is 0.342 e. The third-order valence-electron chi connectivity index (χ3n) is 0.843. The third-order valence-corrected chi connectivity index (χ3v) is 0.843. The van der Waals surface area contributed by atoms with E-state index < -0.39 is 18.2 Å². The van der Waals surface area contributed by atoms with E-state index in [2.05, 4.69) is 15.5 Å². The molecule has 0 saturated heterocycles. The van der Waals surface area contributed by atoms with E-state index in [1.165, 1.54) is 13.0 Å². The number of rotatable bonds is 1. The minimum Gasteiger partial charge on any atom is -0.421 e. The van der Waals surface area contributed by atoms with Gasteiger partial charge in [0.1, 0.15) is 0 Å². The Balaban J connectivity index is 2.40. The van der Waals surface area contributed by atoms with Crippen LogP contribution in [0.25, 0.3) is 0 Å². The van der Waals surface area contributed by atoms with Gasteiger partial charge in [-0.25, -0.2) is 4.79 Å². The van der Waals surface area contributed by atoms with Crippen LogP contribution in [0, 0.1) is 6.08 Å². The van der Waals surface area contributed by atoms with Gasteiger partial charge in [-0.2, -0.15) is 0 Å². The van der Waals surface area contributed by atoms with E-state index in [4.69, 9.17) is 0 Å². The molecule has 1 rings (SSSR count). The predicted molar refractivity (Wildman–Crippen MR) is 29.5 cm³/mol. The molecule has 1 radical (unpaired) electrons. The first-order valence-electron chi connectivity index (χ1n) is 2.66. The van der Waals surface area contributed by atoms with Crippen LogP contribution in [-0.4, -0.2) is 18.2 Å². The molecule has 0 bridgehead atoms. The molecule has 1 aliphatic heterocycles. The summed E-state index contributed by atoms with van der Waals surface area (Å²) < 4.78 is 8.91. The molecule has 0 aromatic rings. The molecular weight excluding hydrogens is 136 g/mol. The van der Waals surface area contributed by atoms with E-state index in [9.17, 15) is 9.59 Å². The van der Waals surface area contributed by atoms with Crippen molar-refractivity contribution in [3.8, 4) is 0 Å². The molecule has 10 heavy (non-hydrogen) atoms. The van der Waals surface area contributed by atoms with Crippen LogP contribution in [0.15, 0.2) is 6.08 Å². The maximum Gasteiger partial charge on any atom is 0.342 e. The van der Waals surface area contributed by atoms with Gasteiger partial charge in [-0.05, 0) is 0 Å².